The van der Waals surface area contributed by atoms with Crippen LogP contribution in [0.5, 0.6) is 0 Å². The van der Waals surface area contributed by atoms with E-state index in [-0.39, 0.29) is 0 Å². The van der Waals surface area contributed by atoms with E-state index in [0.717, 1.165) is 6.42 Å². The number of rotatable bonds is 6. The highest BCUT2D eigenvalue weighted by molar-refractivity contribution is 6.09. The normalized spacial score (nSPS) is 12.2. The standard InChI is InChI=1S/C43H33N/c1-30(29-31-11-3-2-4-12-31)32-19-21-35(22-20-32)43-37-14-6-5-13-33(37)25-28-38(43)34-23-26-36(27-24-34)44-41-17-9-7-15-39(41)40-16-8-10-18-42(40)44/h2-28,30H,29H2,1H3. The van der Waals surface area contributed by atoms with Crippen molar-refractivity contribution in [1.29, 1.82) is 0 Å². The second-order valence-corrected chi connectivity index (χ2v) is 11.8. The Morgan fingerprint density at radius 1 is 0.477 bits per heavy atom. The van der Waals surface area contributed by atoms with Crippen molar-refractivity contribution >= 4 is 32.6 Å². The van der Waals surface area contributed by atoms with Gasteiger partial charge in [-0.25, -0.2) is 0 Å². The fourth-order valence-electron chi connectivity index (χ4n) is 6.88. The first-order valence-corrected chi connectivity index (χ1v) is 15.5. The highest BCUT2D eigenvalue weighted by Crippen LogP contribution is 2.40. The second-order valence-electron chi connectivity index (χ2n) is 11.8. The Morgan fingerprint density at radius 2 is 1.05 bits per heavy atom. The van der Waals surface area contributed by atoms with Gasteiger partial charge in [0.25, 0.3) is 0 Å². The van der Waals surface area contributed by atoms with Gasteiger partial charge < -0.3 is 4.57 Å². The Bertz CT molecular complexity index is 2180. The molecule has 0 spiro atoms. The lowest BCUT2D eigenvalue weighted by Gasteiger charge is -2.17. The molecule has 0 fully saturated rings. The molecule has 1 heterocycles. The third-order valence-electron chi connectivity index (χ3n) is 9.10. The Hall–Kier alpha value is -5.40. The van der Waals surface area contributed by atoms with Crippen molar-refractivity contribution in [2.24, 2.45) is 0 Å². The van der Waals surface area contributed by atoms with Gasteiger partial charge in [0, 0.05) is 16.5 Å². The molecule has 8 rings (SSSR count). The highest BCUT2D eigenvalue weighted by Gasteiger charge is 2.15. The van der Waals surface area contributed by atoms with Crippen LogP contribution in [0.1, 0.15) is 24.0 Å². The maximum absolute atomic E-state index is 2.38. The summed E-state index contributed by atoms with van der Waals surface area (Å²) in [5.74, 6) is 0.451. The number of nitrogens with zero attached hydrogens (tertiary/aromatic N) is 1. The molecule has 0 saturated carbocycles. The van der Waals surface area contributed by atoms with E-state index in [9.17, 15) is 0 Å². The molecular weight excluding hydrogens is 530 g/mol. The Balaban J connectivity index is 1.20. The summed E-state index contributed by atoms with van der Waals surface area (Å²) in [7, 11) is 0. The molecule has 0 N–H and O–H groups in total. The minimum absolute atomic E-state index is 0.451. The maximum atomic E-state index is 2.38. The smallest absolute Gasteiger partial charge is 0.0541 e. The SMILES string of the molecule is CC(Cc1ccccc1)c1ccc(-c2c(-c3ccc(-n4c5ccccc5c5ccccc54)cc3)ccc3ccccc23)cc1. The summed E-state index contributed by atoms with van der Waals surface area (Å²) in [5, 5.41) is 5.10. The van der Waals surface area contributed by atoms with Crippen molar-refractivity contribution in [3.63, 3.8) is 0 Å². The van der Waals surface area contributed by atoms with Crippen LogP contribution in [-0.2, 0) is 6.42 Å². The Morgan fingerprint density at radius 3 is 1.73 bits per heavy atom. The van der Waals surface area contributed by atoms with E-state index >= 15 is 0 Å². The summed E-state index contributed by atoms with van der Waals surface area (Å²) in [5.41, 5.74) is 11.4. The van der Waals surface area contributed by atoms with Crippen LogP contribution in [0.2, 0.25) is 0 Å². The van der Waals surface area contributed by atoms with Crippen molar-refractivity contribution in [2.75, 3.05) is 0 Å². The first kappa shape index (κ1) is 26.2. The highest BCUT2D eigenvalue weighted by atomic mass is 15.0. The molecule has 44 heavy (non-hydrogen) atoms. The average Bonchev–Trinajstić information content (AvgIpc) is 3.43. The molecule has 0 saturated heterocycles. The molecule has 1 heteroatoms. The van der Waals surface area contributed by atoms with Crippen LogP contribution in [0, 0.1) is 0 Å². The molecule has 7 aromatic carbocycles. The zero-order chi connectivity index (χ0) is 29.5. The Labute approximate surface area is 258 Å². The molecule has 1 aromatic heterocycles. The van der Waals surface area contributed by atoms with Gasteiger partial charge in [-0.05, 0) is 80.8 Å². The van der Waals surface area contributed by atoms with Gasteiger partial charge >= 0.3 is 0 Å². The quantitative estimate of drug-likeness (QED) is 0.190. The van der Waals surface area contributed by atoms with E-state index in [1.165, 1.54) is 71.6 Å². The molecule has 1 atom stereocenters. The van der Waals surface area contributed by atoms with Crippen LogP contribution in [0.25, 0.3) is 60.5 Å². The van der Waals surface area contributed by atoms with Gasteiger partial charge in [-0.2, -0.15) is 0 Å². The lowest BCUT2D eigenvalue weighted by molar-refractivity contribution is 0.759. The third-order valence-corrected chi connectivity index (χ3v) is 9.10. The molecule has 8 aromatic rings. The van der Waals surface area contributed by atoms with Crippen molar-refractivity contribution in [3.8, 4) is 27.9 Å². The topological polar surface area (TPSA) is 4.93 Å². The van der Waals surface area contributed by atoms with Crippen LogP contribution in [0.3, 0.4) is 0 Å². The van der Waals surface area contributed by atoms with Gasteiger partial charge in [-0.15, -0.1) is 0 Å². The van der Waals surface area contributed by atoms with Gasteiger partial charge in [0.2, 0.25) is 0 Å². The lowest BCUT2D eigenvalue weighted by Crippen LogP contribution is -1.98. The zero-order valence-electron chi connectivity index (χ0n) is 24.8. The molecule has 0 aliphatic heterocycles. The van der Waals surface area contributed by atoms with Crippen LogP contribution >= 0.6 is 0 Å². The summed E-state index contributed by atoms with van der Waals surface area (Å²) in [6.45, 7) is 2.32. The summed E-state index contributed by atoms with van der Waals surface area (Å²) in [6.07, 6.45) is 1.04. The van der Waals surface area contributed by atoms with Gasteiger partial charge in [0.1, 0.15) is 0 Å². The number of benzene rings is 7. The summed E-state index contributed by atoms with van der Waals surface area (Å²) in [6, 6.07) is 59.8. The third kappa shape index (κ3) is 4.58. The largest absolute Gasteiger partial charge is 0.309 e. The zero-order valence-corrected chi connectivity index (χ0v) is 24.8. The molecule has 1 unspecified atom stereocenters. The molecule has 210 valence electrons. The first-order valence-electron chi connectivity index (χ1n) is 15.5. The fourth-order valence-corrected chi connectivity index (χ4v) is 6.88. The van der Waals surface area contributed by atoms with Crippen LogP contribution < -0.4 is 0 Å². The summed E-state index contributed by atoms with van der Waals surface area (Å²) in [4.78, 5) is 0. The van der Waals surface area contributed by atoms with Crippen molar-refractivity contribution in [2.45, 2.75) is 19.3 Å². The van der Waals surface area contributed by atoms with Crippen LogP contribution in [-0.4, -0.2) is 4.57 Å². The molecule has 1 nitrogen and oxygen atoms in total. The summed E-state index contributed by atoms with van der Waals surface area (Å²) >= 11 is 0. The molecule has 0 radical (unpaired) electrons. The molecule has 0 aliphatic carbocycles. The van der Waals surface area contributed by atoms with E-state index in [1.807, 2.05) is 0 Å². The predicted octanol–water partition coefficient (Wildman–Crippen LogP) is 11.6. The molecular formula is C43H33N. The van der Waals surface area contributed by atoms with Gasteiger partial charge in [-0.3, -0.25) is 0 Å². The van der Waals surface area contributed by atoms with Crippen molar-refractivity contribution in [1.82, 2.24) is 4.57 Å². The number of para-hydroxylation sites is 2. The Kier molecular flexibility index (Phi) is 6.57. The van der Waals surface area contributed by atoms with E-state index in [2.05, 4.69) is 175 Å². The minimum atomic E-state index is 0.451. The van der Waals surface area contributed by atoms with Gasteiger partial charge in [0.15, 0.2) is 0 Å². The van der Waals surface area contributed by atoms with Gasteiger partial charge in [0.05, 0.1) is 11.0 Å². The molecule has 0 amide bonds. The second kappa shape index (κ2) is 11.0. The van der Waals surface area contributed by atoms with Gasteiger partial charge in [-0.1, -0.05) is 146 Å². The monoisotopic (exact) mass is 563 g/mol. The fraction of sp³-hybridized carbons (Fsp3) is 0.0698. The predicted molar refractivity (Wildman–Crippen MR) is 188 cm³/mol. The number of aromatic nitrogens is 1. The number of hydrogen-bond acceptors (Lipinski definition) is 0. The van der Waals surface area contributed by atoms with E-state index < -0.39 is 0 Å². The molecule has 0 aliphatic rings. The van der Waals surface area contributed by atoms with E-state index in [4.69, 9.17) is 0 Å². The maximum Gasteiger partial charge on any atom is 0.0541 e. The average molecular weight is 564 g/mol. The van der Waals surface area contributed by atoms with Crippen molar-refractivity contribution in [3.05, 3.63) is 175 Å². The number of fused-ring (bicyclic) bond motifs is 4. The van der Waals surface area contributed by atoms with Crippen LogP contribution in [0.15, 0.2) is 164 Å². The molecule has 0 bridgehead atoms. The van der Waals surface area contributed by atoms with Crippen molar-refractivity contribution < 1.29 is 0 Å². The lowest BCUT2D eigenvalue weighted by atomic mass is 9.88. The summed E-state index contributed by atoms with van der Waals surface area (Å²) < 4.78 is 2.38. The minimum Gasteiger partial charge on any atom is -0.309 e. The van der Waals surface area contributed by atoms with Crippen LogP contribution in [0.4, 0.5) is 0 Å². The van der Waals surface area contributed by atoms with E-state index in [1.54, 1.807) is 0 Å². The van der Waals surface area contributed by atoms with E-state index in [0.29, 0.717) is 5.92 Å². The number of hydrogen-bond donors (Lipinski definition) is 0. The first-order chi connectivity index (χ1) is 21.7.